The summed E-state index contributed by atoms with van der Waals surface area (Å²) in [5.41, 5.74) is 0. The van der Waals surface area contributed by atoms with E-state index < -0.39 is 0 Å². The molecule has 0 bridgehead atoms. The van der Waals surface area contributed by atoms with Gasteiger partial charge in [0.1, 0.15) is 0 Å². The Hall–Kier alpha value is 0.690. The van der Waals surface area contributed by atoms with E-state index in [1.54, 1.807) is 0 Å². The molecule has 1 unspecified atom stereocenters. The van der Waals surface area contributed by atoms with Gasteiger partial charge in [0.2, 0.25) is 0 Å². The lowest BCUT2D eigenvalue weighted by Crippen LogP contribution is -2.09. The first-order chi connectivity index (χ1) is 4.81. The Morgan fingerprint density at radius 2 is 2.10 bits per heavy atom. The van der Waals surface area contributed by atoms with Crippen molar-refractivity contribution in [1.29, 1.82) is 0 Å². The molecule has 0 aromatic carbocycles. The van der Waals surface area contributed by atoms with Gasteiger partial charge < -0.3 is 5.32 Å². The maximum atomic E-state index is 3.16. The minimum absolute atomic E-state index is 0.899. The van der Waals surface area contributed by atoms with Crippen LogP contribution in [0.1, 0.15) is 32.6 Å². The lowest BCUT2D eigenvalue weighted by molar-refractivity contribution is 0.636. The minimum atomic E-state index is 0.899. The van der Waals surface area contributed by atoms with Gasteiger partial charge >= 0.3 is 0 Å². The quantitative estimate of drug-likeness (QED) is 0.437. The number of alkyl halides is 1. The van der Waals surface area contributed by atoms with Crippen LogP contribution in [-0.4, -0.2) is 17.5 Å². The van der Waals surface area contributed by atoms with E-state index in [1.165, 1.54) is 32.2 Å². The van der Waals surface area contributed by atoms with E-state index in [2.05, 4.69) is 34.8 Å². The average Bonchev–Trinajstić information content (AvgIpc) is 1.89. The predicted octanol–water partition coefficient (Wildman–Crippen LogP) is 2.59. The van der Waals surface area contributed by atoms with Crippen molar-refractivity contribution in [3.05, 3.63) is 0 Å². The molecule has 0 spiro atoms. The van der Waals surface area contributed by atoms with Gasteiger partial charge in [-0.05, 0) is 32.9 Å². The summed E-state index contributed by atoms with van der Waals surface area (Å²) in [5.74, 6) is 0. The monoisotopic (exact) mass is 255 g/mol. The molecule has 0 radical (unpaired) electrons. The molecule has 0 aromatic rings. The third-order valence-corrected chi connectivity index (χ3v) is 2.79. The Bertz CT molecular complexity index is 66.3. The summed E-state index contributed by atoms with van der Waals surface area (Å²) in [6.07, 6.45) is 5.40. The molecule has 0 aliphatic heterocycles. The molecule has 0 aliphatic carbocycles. The molecule has 0 saturated heterocycles. The Morgan fingerprint density at radius 3 is 2.60 bits per heavy atom. The van der Waals surface area contributed by atoms with E-state index >= 15 is 0 Å². The van der Waals surface area contributed by atoms with Crippen molar-refractivity contribution in [3.8, 4) is 0 Å². The topological polar surface area (TPSA) is 12.0 Å². The molecule has 0 amide bonds. The smallest absolute Gasteiger partial charge is 0.0110 e. The van der Waals surface area contributed by atoms with Gasteiger partial charge in [0, 0.05) is 3.92 Å². The van der Waals surface area contributed by atoms with Gasteiger partial charge in [0.05, 0.1) is 0 Å². The van der Waals surface area contributed by atoms with E-state index in [-0.39, 0.29) is 0 Å². The number of hydrogen-bond donors (Lipinski definition) is 1. The maximum Gasteiger partial charge on any atom is 0.0110 e. The fourth-order valence-corrected chi connectivity index (χ4v) is 2.02. The van der Waals surface area contributed by atoms with Crippen LogP contribution in [-0.2, 0) is 0 Å². The predicted molar refractivity (Wildman–Crippen MR) is 55.9 cm³/mol. The highest BCUT2D eigenvalue weighted by Gasteiger charge is 2.00. The molecule has 0 aromatic heterocycles. The standard InChI is InChI=1S/C8H18IN/c1-3-5-8(9)6-4-7-10-2/h8,10H,3-7H2,1-2H3. The van der Waals surface area contributed by atoms with E-state index in [1.807, 2.05) is 7.05 Å². The van der Waals surface area contributed by atoms with Crippen molar-refractivity contribution in [2.24, 2.45) is 0 Å². The van der Waals surface area contributed by atoms with Crippen LogP contribution in [0.3, 0.4) is 0 Å². The summed E-state index contributed by atoms with van der Waals surface area (Å²) in [6.45, 7) is 3.42. The van der Waals surface area contributed by atoms with Gasteiger partial charge in [-0.15, -0.1) is 0 Å². The van der Waals surface area contributed by atoms with Crippen LogP contribution in [0, 0.1) is 0 Å². The highest BCUT2D eigenvalue weighted by atomic mass is 127. The Balaban J connectivity index is 2.97. The molecule has 2 heteroatoms. The van der Waals surface area contributed by atoms with Crippen LogP contribution < -0.4 is 5.32 Å². The van der Waals surface area contributed by atoms with Crippen LogP contribution in [0.25, 0.3) is 0 Å². The summed E-state index contributed by atoms with van der Waals surface area (Å²) >= 11 is 2.55. The first-order valence-corrected chi connectivity index (χ1v) is 5.34. The van der Waals surface area contributed by atoms with E-state index in [4.69, 9.17) is 0 Å². The van der Waals surface area contributed by atoms with Crippen LogP contribution in [0.15, 0.2) is 0 Å². The maximum absolute atomic E-state index is 3.16. The SMILES string of the molecule is CCCC(I)CCCNC. The van der Waals surface area contributed by atoms with Crippen molar-refractivity contribution in [1.82, 2.24) is 5.32 Å². The number of nitrogens with one attached hydrogen (secondary N) is 1. The number of hydrogen-bond acceptors (Lipinski definition) is 1. The van der Waals surface area contributed by atoms with E-state index in [0.717, 1.165) is 3.92 Å². The Kier molecular flexibility index (Phi) is 8.33. The third kappa shape index (κ3) is 6.81. The molecule has 0 rings (SSSR count). The zero-order chi connectivity index (χ0) is 7.82. The van der Waals surface area contributed by atoms with Crippen molar-refractivity contribution < 1.29 is 0 Å². The van der Waals surface area contributed by atoms with Crippen LogP contribution in [0.2, 0.25) is 0 Å². The first-order valence-electron chi connectivity index (χ1n) is 4.10. The number of rotatable bonds is 6. The lowest BCUT2D eigenvalue weighted by Gasteiger charge is -2.06. The number of halogens is 1. The van der Waals surface area contributed by atoms with Crippen molar-refractivity contribution in [2.75, 3.05) is 13.6 Å². The second-order valence-electron chi connectivity index (χ2n) is 2.63. The molecular weight excluding hydrogens is 237 g/mol. The van der Waals surface area contributed by atoms with Gasteiger partial charge in [-0.2, -0.15) is 0 Å². The molecule has 1 atom stereocenters. The Morgan fingerprint density at radius 1 is 1.40 bits per heavy atom. The molecule has 1 nitrogen and oxygen atoms in total. The van der Waals surface area contributed by atoms with Crippen molar-refractivity contribution in [3.63, 3.8) is 0 Å². The van der Waals surface area contributed by atoms with E-state index in [9.17, 15) is 0 Å². The van der Waals surface area contributed by atoms with Crippen LogP contribution in [0.4, 0.5) is 0 Å². The molecule has 10 heavy (non-hydrogen) atoms. The molecule has 0 fully saturated rings. The normalized spacial score (nSPS) is 13.5. The van der Waals surface area contributed by atoms with Gasteiger partial charge in [-0.1, -0.05) is 35.9 Å². The minimum Gasteiger partial charge on any atom is -0.320 e. The summed E-state index contributed by atoms with van der Waals surface area (Å²) < 4.78 is 0.899. The molecule has 0 saturated carbocycles. The van der Waals surface area contributed by atoms with Gasteiger partial charge in [-0.3, -0.25) is 0 Å². The molecule has 0 aliphatic rings. The average molecular weight is 255 g/mol. The van der Waals surface area contributed by atoms with Crippen LogP contribution >= 0.6 is 22.6 Å². The summed E-state index contributed by atoms with van der Waals surface area (Å²) in [7, 11) is 2.02. The summed E-state index contributed by atoms with van der Waals surface area (Å²) in [6, 6.07) is 0. The molecule has 0 heterocycles. The van der Waals surface area contributed by atoms with Gasteiger partial charge in [-0.25, -0.2) is 0 Å². The highest BCUT2D eigenvalue weighted by Crippen LogP contribution is 2.13. The van der Waals surface area contributed by atoms with E-state index in [0.29, 0.717) is 0 Å². The van der Waals surface area contributed by atoms with Crippen molar-refractivity contribution >= 4 is 22.6 Å². The second kappa shape index (κ2) is 7.79. The summed E-state index contributed by atoms with van der Waals surface area (Å²) in [5, 5.41) is 3.16. The summed E-state index contributed by atoms with van der Waals surface area (Å²) in [4.78, 5) is 0. The van der Waals surface area contributed by atoms with Gasteiger partial charge in [0.15, 0.2) is 0 Å². The highest BCUT2D eigenvalue weighted by molar-refractivity contribution is 14.1. The molecule has 1 N–H and O–H groups in total. The van der Waals surface area contributed by atoms with Gasteiger partial charge in [0.25, 0.3) is 0 Å². The third-order valence-electron chi connectivity index (χ3n) is 1.55. The fraction of sp³-hybridized carbons (Fsp3) is 1.00. The Labute approximate surface area is 78.1 Å². The molecular formula is C8H18IN. The zero-order valence-corrected chi connectivity index (χ0v) is 9.15. The lowest BCUT2D eigenvalue weighted by atomic mass is 10.1. The largest absolute Gasteiger partial charge is 0.320 e. The fourth-order valence-electron chi connectivity index (χ4n) is 0.958. The first kappa shape index (κ1) is 10.7. The van der Waals surface area contributed by atoms with Crippen LogP contribution in [0.5, 0.6) is 0 Å². The molecule has 62 valence electrons. The van der Waals surface area contributed by atoms with Crippen molar-refractivity contribution in [2.45, 2.75) is 36.5 Å². The second-order valence-corrected chi connectivity index (χ2v) is 4.39. The zero-order valence-electron chi connectivity index (χ0n) is 6.99.